The molecular weight excluding hydrogens is 418 g/mol. The first-order valence-electron chi connectivity index (χ1n) is 11.1. The van der Waals surface area contributed by atoms with Gasteiger partial charge in [0.25, 0.3) is 0 Å². The summed E-state index contributed by atoms with van der Waals surface area (Å²) in [6.07, 6.45) is 0. The highest BCUT2D eigenvalue weighted by atomic mass is 32.2. The Morgan fingerprint density at radius 1 is 1.00 bits per heavy atom. The normalized spacial score (nSPS) is 16.0. The molecule has 0 N–H and O–H groups in total. The van der Waals surface area contributed by atoms with Crippen LogP contribution in [0.4, 0.5) is 0 Å². The predicted molar refractivity (Wildman–Crippen MR) is 129 cm³/mol. The van der Waals surface area contributed by atoms with Gasteiger partial charge in [0.05, 0.1) is 10.8 Å². The summed E-state index contributed by atoms with van der Waals surface area (Å²) in [6, 6.07) is 20.8. The van der Waals surface area contributed by atoms with Crippen molar-refractivity contribution in [1.29, 1.82) is 0 Å². The van der Waals surface area contributed by atoms with E-state index in [0.717, 1.165) is 49.0 Å². The number of carbonyl (C=O) groups is 1. The molecule has 164 valence electrons. The minimum absolute atomic E-state index is 0.169. The lowest BCUT2D eigenvalue weighted by molar-refractivity contribution is -0.132. The molecule has 7 heteroatoms. The van der Waals surface area contributed by atoms with Crippen LogP contribution in [0.15, 0.2) is 65.8 Å². The van der Waals surface area contributed by atoms with Crippen LogP contribution in [0.2, 0.25) is 0 Å². The van der Waals surface area contributed by atoms with Crippen molar-refractivity contribution in [2.75, 3.05) is 26.2 Å². The Bertz CT molecular complexity index is 1250. The van der Waals surface area contributed by atoms with E-state index in [1.165, 1.54) is 28.3 Å². The first-order chi connectivity index (χ1) is 15.6. The van der Waals surface area contributed by atoms with Gasteiger partial charge < -0.3 is 4.90 Å². The van der Waals surface area contributed by atoms with Gasteiger partial charge in [-0.2, -0.15) is 0 Å². The molecule has 1 unspecified atom stereocenters. The van der Waals surface area contributed by atoms with Crippen LogP contribution in [0.5, 0.6) is 0 Å². The lowest BCUT2D eigenvalue weighted by Crippen LogP contribution is -2.50. The monoisotopic (exact) mass is 445 g/mol. The van der Waals surface area contributed by atoms with Gasteiger partial charge in [0, 0.05) is 38.1 Å². The summed E-state index contributed by atoms with van der Waals surface area (Å²) in [4.78, 5) is 17.6. The van der Waals surface area contributed by atoms with Gasteiger partial charge in [-0.05, 0) is 37.1 Å². The van der Waals surface area contributed by atoms with Crippen LogP contribution >= 0.6 is 11.8 Å². The van der Waals surface area contributed by atoms with Crippen molar-refractivity contribution in [2.45, 2.75) is 30.8 Å². The highest BCUT2D eigenvalue weighted by Gasteiger charge is 2.27. The molecule has 32 heavy (non-hydrogen) atoms. The maximum absolute atomic E-state index is 13.2. The Morgan fingerprint density at radius 3 is 2.50 bits per heavy atom. The number of pyridine rings is 1. The summed E-state index contributed by atoms with van der Waals surface area (Å²) >= 11 is 1.49. The molecule has 2 aromatic heterocycles. The molecule has 6 nitrogen and oxygen atoms in total. The summed E-state index contributed by atoms with van der Waals surface area (Å²) in [5, 5.41) is 10.5. The molecule has 0 bridgehead atoms. The molecule has 0 radical (unpaired) electrons. The quantitative estimate of drug-likeness (QED) is 0.435. The Hall–Kier alpha value is -2.90. The Labute approximate surface area is 192 Å². The third-order valence-electron chi connectivity index (χ3n) is 6.14. The van der Waals surface area contributed by atoms with E-state index in [4.69, 9.17) is 0 Å². The number of aryl methyl sites for hydroxylation is 1. The first kappa shape index (κ1) is 21.0. The summed E-state index contributed by atoms with van der Waals surface area (Å²) in [5.74, 6) is 0.169. The zero-order valence-electron chi connectivity index (χ0n) is 18.4. The van der Waals surface area contributed by atoms with E-state index < -0.39 is 0 Å². The topological polar surface area (TPSA) is 53.7 Å². The first-order valence-corrected chi connectivity index (χ1v) is 11.9. The zero-order chi connectivity index (χ0) is 22.1. The molecule has 1 fully saturated rings. The van der Waals surface area contributed by atoms with Gasteiger partial charge in [0.15, 0.2) is 10.8 Å². The van der Waals surface area contributed by atoms with Gasteiger partial charge in [0.2, 0.25) is 5.91 Å². The van der Waals surface area contributed by atoms with Crippen molar-refractivity contribution < 1.29 is 4.79 Å². The van der Waals surface area contributed by atoms with Crippen molar-refractivity contribution in [1.82, 2.24) is 24.4 Å². The number of carbonyl (C=O) groups excluding carboxylic acids is 1. The molecule has 5 rings (SSSR count). The number of nitrogens with zero attached hydrogens (tertiary/aromatic N) is 5. The average Bonchev–Trinajstić information content (AvgIpc) is 3.22. The fourth-order valence-electron chi connectivity index (χ4n) is 4.38. The van der Waals surface area contributed by atoms with Gasteiger partial charge in [0.1, 0.15) is 0 Å². The number of rotatable bonds is 5. The van der Waals surface area contributed by atoms with Crippen LogP contribution in [-0.2, 0) is 11.3 Å². The maximum Gasteiger partial charge on any atom is 0.235 e. The van der Waals surface area contributed by atoms with Crippen molar-refractivity contribution in [3.63, 3.8) is 0 Å². The molecule has 4 aromatic rings. The van der Waals surface area contributed by atoms with E-state index in [9.17, 15) is 4.79 Å². The number of para-hydroxylation sites is 1. The van der Waals surface area contributed by atoms with E-state index in [1.807, 2.05) is 30.0 Å². The third kappa shape index (κ3) is 4.10. The molecule has 0 spiro atoms. The fourth-order valence-corrected chi connectivity index (χ4v) is 5.34. The minimum Gasteiger partial charge on any atom is -0.339 e. The molecule has 1 aliphatic rings. The summed E-state index contributed by atoms with van der Waals surface area (Å²) in [7, 11) is 0. The summed E-state index contributed by atoms with van der Waals surface area (Å²) in [5.41, 5.74) is 4.38. The van der Waals surface area contributed by atoms with Gasteiger partial charge in [-0.25, -0.2) is 0 Å². The smallest absolute Gasteiger partial charge is 0.235 e. The molecule has 2 aromatic carbocycles. The van der Waals surface area contributed by atoms with Crippen LogP contribution in [0, 0.1) is 6.92 Å². The number of benzene rings is 2. The average molecular weight is 446 g/mol. The van der Waals surface area contributed by atoms with E-state index >= 15 is 0 Å². The van der Waals surface area contributed by atoms with Crippen LogP contribution in [-0.4, -0.2) is 61.7 Å². The third-order valence-corrected chi connectivity index (χ3v) is 7.17. The number of thioether (sulfide) groups is 1. The minimum atomic E-state index is -0.219. The second-order valence-corrected chi connectivity index (χ2v) is 9.68. The second kappa shape index (κ2) is 8.92. The zero-order valence-corrected chi connectivity index (χ0v) is 19.3. The molecule has 1 saturated heterocycles. The predicted octanol–water partition coefficient (Wildman–Crippen LogP) is 4.02. The lowest BCUT2D eigenvalue weighted by atomic mass is 10.1. The molecule has 1 amide bonds. The molecule has 3 heterocycles. The molecule has 1 aliphatic heterocycles. The van der Waals surface area contributed by atoms with E-state index in [-0.39, 0.29) is 11.2 Å². The standard InChI is InChI=1S/C25H27N5OS/c1-18-16-23-26-27-25(30(23)22-11-7-6-10-21(18)22)32-19(2)24(31)29-14-12-28(13-15-29)17-20-8-4-3-5-9-20/h3-11,16,19H,12-15,17H2,1-2H3. The maximum atomic E-state index is 13.2. The van der Waals surface area contributed by atoms with Crippen molar-refractivity contribution in [3.8, 4) is 0 Å². The highest BCUT2D eigenvalue weighted by Crippen LogP contribution is 2.28. The van der Waals surface area contributed by atoms with Crippen LogP contribution in [0.3, 0.4) is 0 Å². The Morgan fingerprint density at radius 2 is 1.72 bits per heavy atom. The SMILES string of the molecule is Cc1cc2nnc(SC(C)C(=O)N3CCN(Cc4ccccc4)CC3)n2c2ccccc12. The fraction of sp³-hybridized carbons (Fsp3) is 0.320. The van der Waals surface area contributed by atoms with Gasteiger partial charge in [-0.3, -0.25) is 14.1 Å². The molecular formula is C25H27N5OS. The number of piperazine rings is 1. The van der Waals surface area contributed by atoms with E-state index in [0.29, 0.717) is 0 Å². The van der Waals surface area contributed by atoms with Crippen LogP contribution < -0.4 is 0 Å². The summed E-state index contributed by atoms with van der Waals surface area (Å²) in [6.45, 7) is 8.32. The second-order valence-electron chi connectivity index (χ2n) is 8.37. The van der Waals surface area contributed by atoms with Crippen molar-refractivity contribution in [3.05, 3.63) is 71.8 Å². The van der Waals surface area contributed by atoms with Gasteiger partial charge >= 0.3 is 0 Å². The van der Waals surface area contributed by atoms with E-state index in [1.54, 1.807) is 0 Å². The van der Waals surface area contributed by atoms with Crippen LogP contribution in [0.25, 0.3) is 16.6 Å². The number of hydrogen-bond acceptors (Lipinski definition) is 5. The number of fused-ring (bicyclic) bond motifs is 3. The number of aromatic nitrogens is 3. The molecule has 0 saturated carbocycles. The summed E-state index contributed by atoms with van der Waals surface area (Å²) < 4.78 is 2.06. The number of amides is 1. The van der Waals surface area contributed by atoms with Crippen molar-refractivity contribution in [2.24, 2.45) is 0 Å². The highest BCUT2D eigenvalue weighted by molar-refractivity contribution is 8.00. The van der Waals surface area contributed by atoms with Gasteiger partial charge in [-0.1, -0.05) is 60.3 Å². The molecule has 0 aliphatic carbocycles. The van der Waals surface area contributed by atoms with E-state index in [2.05, 4.69) is 68.9 Å². The van der Waals surface area contributed by atoms with Crippen LogP contribution in [0.1, 0.15) is 18.1 Å². The number of hydrogen-bond donors (Lipinski definition) is 0. The van der Waals surface area contributed by atoms with Gasteiger partial charge in [-0.15, -0.1) is 10.2 Å². The molecule has 1 atom stereocenters. The van der Waals surface area contributed by atoms with Crippen molar-refractivity contribution >= 4 is 34.2 Å². The Kier molecular flexibility index (Phi) is 5.85. The lowest BCUT2D eigenvalue weighted by Gasteiger charge is -2.35. The largest absolute Gasteiger partial charge is 0.339 e. The Balaban J connectivity index is 1.27.